The van der Waals surface area contributed by atoms with Crippen molar-refractivity contribution in [3.8, 4) is 0 Å². The van der Waals surface area contributed by atoms with Crippen molar-refractivity contribution >= 4 is 0 Å². The molecule has 1 aliphatic heterocycles. The average molecular weight is 289 g/mol. The van der Waals surface area contributed by atoms with Crippen molar-refractivity contribution < 1.29 is 4.74 Å². The van der Waals surface area contributed by atoms with Crippen LogP contribution in [0.3, 0.4) is 0 Å². The number of fused-ring (bicyclic) bond motifs is 1. The van der Waals surface area contributed by atoms with Crippen molar-refractivity contribution in [3.63, 3.8) is 0 Å². The van der Waals surface area contributed by atoms with Crippen LogP contribution in [-0.2, 0) is 23.3 Å². The van der Waals surface area contributed by atoms with Gasteiger partial charge in [-0.05, 0) is 38.0 Å². The first-order chi connectivity index (χ1) is 9.96. The van der Waals surface area contributed by atoms with Crippen molar-refractivity contribution in [2.75, 3.05) is 13.7 Å². The lowest BCUT2D eigenvalue weighted by Gasteiger charge is -2.42. The van der Waals surface area contributed by atoms with Crippen molar-refractivity contribution in [1.29, 1.82) is 0 Å². The minimum absolute atomic E-state index is 0.278. The summed E-state index contributed by atoms with van der Waals surface area (Å²) in [6.07, 6.45) is 5.38. The Labute approximate surface area is 127 Å². The zero-order chi connectivity index (χ0) is 15.1. The van der Waals surface area contributed by atoms with Gasteiger partial charge in [0.25, 0.3) is 0 Å². The van der Waals surface area contributed by atoms with Crippen molar-refractivity contribution in [2.24, 2.45) is 5.41 Å². The number of nitrogens with one attached hydrogen (secondary N) is 1. The molecule has 1 N–H and O–H groups in total. The summed E-state index contributed by atoms with van der Waals surface area (Å²) in [5.74, 6) is 0.915. The van der Waals surface area contributed by atoms with Gasteiger partial charge in [0.2, 0.25) is 0 Å². The molecule has 4 nitrogen and oxygen atoms in total. The van der Waals surface area contributed by atoms with Crippen LogP contribution in [0.5, 0.6) is 0 Å². The molecule has 0 amide bonds. The predicted octanol–water partition coefficient (Wildman–Crippen LogP) is 2.87. The number of ether oxygens (including phenoxy) is 1. The third kappa shape index (κ3) is 2.71. The van der Waals surface area contributed by atoms with Crippen LogP contribution in [0.15, 0.2) is 0 Å². The standard InChI is InChI=1S/C17H27N3O/c1-12-13-11-18-10-5-14(13)20-15(19-12)17(21-4)8-6-16(2,3)7-9-17/h18H,5-11H2,1-4H3. The topological polar surface area (TPSA) is 47.0 Å². The SMILES string of the molecule is COC1(c2nc(C)c3c(n2)CCNC3)CCC(C)(C)CC1. The van der Waals surface area contributed by atoms with Gasteiger partial charge in [-0.15, -0.1) is 0 Å². The summed E-state index contributed by atoms with van der Waals surface area (Å²) in [7, 11) is 1.82. The third-order valence-corrected chi connectivity index (χ3v) is 5.35. The molecule has 0 atom stereocenters. The number of aromatic nitrogens is 2. The number of rotatable bonds is 2. The van der Waals surface area contributed by atoms with Gasteiger partial charge >= 0.3 is 0 Å². The van der Waals surface area contributed by atoms with Crippen LogP contribution in [0.1, 0.15) is 62.3 Å². The minimum Gasteiger partial charge on any atom is -0.370 e. The second kappa shape index (κ2) is 5.33. The molecular weight excluding hydrogens is 262 g/mol. The van der Waals surface area contributed by atoms with E-state index in [1.165, 1.54) is 24.1 Å². The molecule has 0 radical (unpaired) electrons. The highest BCUT2D eigenvalue weighted by Gasteiger charge is 2.42. The molecule has 0 unspecified atom stereocenters. The molecule has 0 saturated heterocycles. The van der Waals surface area contributed by atoms with E-state index in [1.807, 2.05) is 7.11 Å². The van der Waals surface area contributed by atoms with E-state index < -0.39 is 0 Å². The Morgan fingerprint density at radius 2 is 1.81 bits per heavy atom. The fraction of sp³-hybridized carbons (Fsp3) is 0.765. The number of aryl methyl sites for hydroxylation is 1. The smallest absolute Gasteiger partial charge is 0.160 e. The Hall–Kier alpha value is -1.00. The first kappa shape index (κ1) is 14.9. The lowest BCUT2D eigenvalue weighted by Crippen LogP contribution is -2.39. The Balaban J connectivity index is 1.96. The van der Waals surface area contributed by atoms with Gasteiger partial charge in [-0.2, -0.15) is 0 Å². The van der Waals surface area contributed by atoms with E-state index in [1.54, 1.807) is 0 Å². The zero-order valence-corrected chi connectivity index (χ0v) is 13.8. The summed E-state index contributed by atoms with van der Waals surface area (Å²) in [5, 5.41) is 3.40. The Morgan fingerprint density at radius 1 is 1.10 bits per heavy atom. The Bertz CT molecular complexity index is 529. The maximum absolute atomic E-state index is 5.96. The van der Waals surface area contributed by atoms with Crippen LogP contribution in [0.4, 0.5) is 0 Å². The average Bonchev–Trinajstić information content (AvgIpc) is 2.48. The molecule has 1 saturated carbocycles. The molecule has 2 heterocycles. The molecule has 3 rings (SSSR count). The van der Waals surface area contributed by atoms with E-state index in [4.69, 9.17) is 14.7 Å². The molecular formula is C17H27N3O. The highest BCUT2D eigenvalue weighted by molar-refractivity contribution is 5.28. The van der Waals surface area contributed by atoms with Crippen molar-refractivity contribution in [3.05, 3.63) is 22.8 Å². The van der Waals surface area contributed by atoms with Gasteiger partial charge in [0.1, 0.15) is 5.60 Å². The van der Waals surface area contributed by atoms with E-state index in [-0.39, 0.29) is 5.60 Å². The number of hydrogen-bond donors (Lipinski definition) is 1. The van der Waals surface area contributed by atoms with Crippen molar-refractivity contribution in [1.82, 2.24) is 15.3 Å². The van der Waals surface area contributed by atoms with Gasteiger partial charge in [0, 0.05) is 37.9 Å². The van der Waals surface area contributed by atoms with Crippen LogP contribution < -0.4 is 5.32 Å². The van der Waals surface area contributed by atoms with Gasteiger partial charge < -0.3 is 10.1 Å². The maximum Gasteiger partial charge on any atom is 0.160 e. The summed E-state index contributed by atoms with van der Waals surface area (Å²) < 4.78 is 5.96. The zero-order valence-electron chi connectivity index (χ0n) is 13.8. The number of hydrogen-bond acceptors (Lipinski definition) is 4. The van der Waals surface area contributed by atoms with E-state index in [0.717, 1.165) is 43.9 Å². The predicted molar refractivity (Wildman–Crippen MR) is 83.1 cm³/mol. The minimum atomic E-state index is -0.278. The molecule has 0 aromatic carbocycles. The van der Waals surface area contributed by atoms with Gasteiger partial charge in [-0.1, -0.05) is 13.8 Å². The Morgan fingerprint density at radius 3 is 2.48 bits per heavy atom. The molecule has 1 aliphatic carbocycles. The lowest BCUT2D eigenvalue weighted by molar-refractivity contribution is -0.0732. The second-order valence-corrected chi connectivity index (χ2v) is 7.35. The molecule has 116 valence electrons. The third-order valence-electron chi connectivity index (χ3n) is 5.35. The molecule has 4 heteroatoms. The molecule has 1 fully saturated rings. The normalized spacial score (nSPS) is 23.6. The quantitative estimate of drug-likeness (QED) is 0.909. The van der Waals surface area contributed by atoms with E-state index in [9.17, 15) is 0 Å². The largest absolute Gasteiger partial charge is 0.370 e. The molecule has 1 aromatic heterocycles. The monoisotopic (exact) mass is 289 g/mol. The van der Waals surface area contributed by atoms with Crippen LogP contribution in [-0.4, -0.2) is 23.6 Å². The molecule has 2 aliphatic rings. The van der Waals surface area contributed by atoms with Crippen LogP contribution in [0.25, 0.3) is 0 Å². The first-order valence-corrected chi connectivity index (χ1v) is 8.09. The van der Waals surface area contributed by atoms with E-state index in [2.05, 4.69) is 26.1 Å². The fourth-order valence-corrected chi connectivity index (χ4v) is 3.57. The van der Waals surface area contributed by atoms with Crippen molar-refractivity contribution in [2.45, 2.75) is 65.0 Å². The molecule has 0 spiro atoms. The fourth-order valence-electron chi connectivity index (χ4n) is 3.57. The van der Waals surface area contributed by atoms with E-state index >= 15 is 0 Å². The number of nitrogens with zero attached hydrogens (tertiary/aromatic N) is 2. The molecule has 21 heavy (non-hydrogen) atoms. The molecule has 0 bridgehead atoms. The van der Waals surface area contributed by atoms with Crippen LogP contribution >= 0.6 is 0 Å². The highest BCUT2D eigenvalue weighted by Crippen LogP contribution is 2.46. The summed E-state index contributed by atoms with van der Waals surface area (Å²) in [4.78, 5) is 9.74. The van der Waals surface area contributed by atoms with Gasteiger partial charge in [0.15, 0.2) is 5.82 Å². The first-order valence-electron chi connectivity index (χ1n) is 8.09. The summed E-state index contributed by atoms with van der Waals surface area (Å²) >= 11 is 0. The van der Waals surface area contributed by atoms with Gasteiger partial charge in [0.05, 0.1) is 5.69 Å². The Kier molecular flexibility index (Phi) is 3.78. The summed E-state index contributed by atoms with van der Waals surface area (Å²) in [6, 6.07) is 0. The highest BCUT2D eigenvalue weighted by atomic mass is 16.5. The van der Waals surface area contributed by atoms with Crippen LogP contribution in [0.2, 0.25) is 0 Å². The maximum atomic E-state index is 5.96. The second-order valence-electron chi connectivity index (χ2n) is 7.35. The number of methoxy groups -OCH3 is 1. The summed E-state index contributed by atoms with van der Waals surface area (Å²) in [5.41, 5.74) is 3.75. The van der Waals surface area contributed by atoms with Crippen LogP contribution in [0, 0.1) is 12.3 Å². The summed E-state index contributed by atoms with van der Waals surface area (Å²) in [6.45, 7) is 8.70. The van der Waals surface area contributed by atoms with E-state index in [0.29, 0.717) is 5.41 Å². The molecule has 1 aromatic rings. The lowest BCUT2D eigenvalue weighted by atomic mass is 9.70. The van der Waals surface area contributed by atoms with Gasteiger partial charge in [-0.3, -0.25) is 0 Å². The van der Waals surface area contributed by atoms with Gasteiger partial charge in [-0.25, -0.2) is 9.97 Å².